The van der Waals surface area contributed by atoms with Gasteiger partial charge in [0.15, 0.2) is 0 Å². The van der Waals surface area contributed by atoms with Crippen LogP contribution in [-0.4, -0.2) is 32.5 Å². The van der Waals surface area contributed by atoms with Crippen molar-refractivity contribution in [3.63, 3.8) is 0 Å². The van der Waals surface area contributed by atoms with E-state index in [1.165, 1.54) is 0 Å². The summed E-state index contributed by atoms with van der Waals surface area (Å²) in [6, 6.07) is 0.382. The Morgan fingerprint density at radius 2 is 2.19 bits per heavy atom. The van der Waals surface area contributed by atoms with E-state index in [2.05, 4.69) is 41.3 Å². The maximum atomic E-state index is 5.38. The van der Waals surface area contributed by atoms with Crippen molar-refractivity contribution in [2.24, 2.45) is 13.0 Å². The van der Waals surface area contributed by atoms with Gasteiger partial charge in [0.25, 0.3) is 0 Å². The lowest BCUT2D eigenvalue weighted by molar-refractivity contribution is 0.338. The minimum atomic E-state index is 0.382. The molecule has 0 aromatic carbocycles. The fraction of sp³-hybridized carbons (Fsp3) is 0.667. The van der Waals surface area contributed by atoms with Gasteiger partial charge in [-0.3, -0.25) is 4.68 Å². The van der Waals surface area contributed by atoms with Crippen LogP contribution in [0.3, 0.4) is 0 Å². The first-order chi connectivity index (χ1) is 10.1. The van der Waals surface area contributed by atoms with Crippen LogP contribution < -0.4 is 5.32 Å². The predicted molar refractivity (Wildman–Crippen MR) is 81.7 cm³/mol. The number of rotatable bonds is 8. The molecule has 6 nitrogen and oxygen atoms in total. The Hall–Kier alpha value is -1.69. The lowest BCUT2D eigenvalue weighted by Crippen LogP contribution is -2.33. The van der Waals surface area contributed by atoms with Crippen LogP contribution in [0.1, 0.15) is 39.5 Å². The minimum Gasteiger partial charge on any atom is -0.339 e. The molecule has 0 aliphatic heterocycles. The van der Waals surface area contributed by atoms with Gasteiger partial charge in [0, 0.05) is 25.7 Å². The first-order valence-corrected chi connectivity index (χ1v) is 7.63. The number of aromatic nitrogens is 4. The highest BCUT2D eigenvalue weighted by Crippen LogP contribution is 2.16. The highest BCUT2D eigenvalue weighted by Gasteiger charge is 2.16. The molecular weight excluding hydrogens is 266 g/mol. The fourth-order valence-electron chi connectivity index (χ4n) is 2.36. The van der Waals surface area contributed by atoms with E-state index >= 15 is 0 Å². The Morgan fingerprint density at radius 3 is 2.81 bits per heavy atom. The quantitative estimate of drug-likeness (QED) is 0.809. The molecule has 6 heteroatoms. The molecule has 2 aromatic rings. The summed E-state index contributed by atoms with van der Waals surface area (Å²) in [5.74, 6) is 1.93. The zero-order chi connectivity index (χ0) is 15.2. The Labute approximate surface area is 125 Å². The maximum absolute atomic E-state index is 5.38. The number of hydrogen-bond donors (Lipinski definition) is 1. The minimum absolute atomic E-state index is 0.382. The fourth-order valence-corrected chi connectivity index (χ4v) is 2.36. The molecular formula is C15H25N5O. The van der Waals surface area contributed by atoms with Crippen molar-refractivity contribution >= 4 is 0 Å². The van der Waals surface area contributed by atoms with E-state index in [1.807, 2.05) is 13.2 Å². The summed E-state index contributed by atoms with van der Waals surface area (Å²) < 4.78 is 7.11. The van der Waals surface area contributed by atoms with Crippen LogP contribution in [0.4, 0.5) is 0 Å². The van der Waals surface area contributed by atoms with Crippen LogP contribution in [0.2, 0.25) is 0 Å². The van der Waals surface area contributed by atoms with Gasteiger partial charge < -0.3 is 9.84 Å². The molecule has 1 unspecified atom stereocenters. The predicted octanol–water partition coefficient (Wildman–Crippen LogP) is 2.43. The lowest BCUT2D eigenvalue weighted by atomic mass is 10.0. The monoisotopic (exact) mass is 291 g/mol. The van der Waals surface area contributed by atoms with E-state index in [0.717, 1.165) is 31.4 Å². The second-order valence-electron chi connectivity index (χ2n) is 5.90. The van der Waals surface area contributed by atoms with Gasteiger partial charge in [0.2, 0.25) is 11.7 Å². The van der Waals surface area contributed by atoms with Gasteiger partial charge in [0.1, 0.15) is 0 Å². The summed E-state index contributed by atoms with van der Waals surface area (Å²) in [5, 5.41) is 11.7. The molecule has 0 radical (unpaired) electrons. The van der Waals surface area contributed by atoms with Crippen molar-refractivity contribution in [2.45, 2.75) is 46.1 Å². The summed E-state index contributed by atoms with van der Waals surface area (Å²) in [5.41, 5.74) is 0.884. The molecule has 0 fully saturated rings. The number of hydrogen-bond acceptors (Lipinski definition) is 5. The van der Waals surface area contributed by atoms with E-state index < -0.39 is 0 Å². The summed E-state index contributed by atoms with van der Waals surface area (Å²) in [7, 11) is 1.87. The van der Waals surface area contributed by atoms with E-state index in [9.17, 15) is 0 Å². The van der Waals surface area contributed by atoms with Crippen LogP contribution in [0.5, 0.6) is 0 Å². The van der Waals surface area contributed by atoms with Crippen molar-refractivity contribution in [1.29, 1.82) is 0 Å². The Kier molecular flexibility index (Phi) is 5.50. The van der Waals surface area contributed by atoms with E-state index in [4.69, 9.17) is 4.52 Å². The zero-order valence-corrected chi connectivity index (χ0v) is 13.3. The third-order valence-electron chi connectivity index (χ3n) is 3.29. The molecule has 21 heavy (non-hydrogen) atoms. The average molecular weight is 291 g/mol. The smallest absolute Gasteiger partial charge is 0.228 e. The van der Waals surface area contributed by atoms with Gasteiger partial charge in [-0.15, -0.1) is 0 Å². The largest absolute Gasteiger partial charge is 0.339 e. The SMILES string of the molecule is CCCNC(Cc1nc(-c2cnn(C)c2)no1)CC(C)C. The molecule has 0 spiro atoms. The molecule has 0 amide bonds. The Balaban J connectivity index is 2.01. The number of nitrogens with zero attached hydrogens (tertiary/aromatic N) is 4. The van der Waals surface area contributed by atoms with Gasteiger partial charge in [0.05, 0.1) is 11.8 Å². The second kappa shape index (κ2) is 7.36. The standard InChI is InChI=1S/C15H25N5O/c1-5-6-16-13(7-11(2)3)8-14-18-15(19-21-14)12-9-17-20(4)10-12/h9-11,13,16H,5-8H2,1-4H3. The van der Waals surface area contributed by atoms with Crippen LogP contribution in [0.15, 0.2) is 16.9 Å². The summed E-state index contributed by atoms with van der Waals surface area (Å²) in [4.78, 5) is 4.48. The molecule has 2 aromatic heterocycles. The molecule has 0 saturated carbocycles. The third-order valence-corrected chi connectivity index (χ3v) is 3.29. The zero-order valence-electron chi connectivity index (χ0n) is 13.3. The summed E-state index contributed by atoms with van der Waals surface area (Å²) >= 11 is 0. The van der Waals surface area contributed by atoms with Crippen molar-refractivity contribution < 1.29 is 4.52 Å². The molecule has 0 saturated heterocycles. The molecule has 1 atom stereocenters. The van der Waals surface area contributed by atoms with E-state index in [1.54, 1.807) is 10.9 Å². The van der Waals surface area contributed by atoms with Crippen LogP contribution >= 0.6 is 0 Å². The number of nitrogens with one attached hydrogen (secondary N) is 1. The first kappa shape index (κ1) is 15.7. The van der Waals surface area contributed by atoms with E-state index in [-0.39, 0.29) is 0 Å². The summed E-state index contributed by atoms with van der Waals surface area (Å²) in [6.45, 7) is 7.65. The topological polar surface area (TPSA) is 68.8 Å². The number of aryl methyl sites for hydroxylation is 1. The maximum Gasteiger partial charge on any atom is 0.228 e. The van der Waals surface area contributed by atoms with Crippen LogP contribution in [-0.2, 0) is 13.5 Å². The molecule has 0 aliphatic carbocycles. The second-order valence-corrected chi connectivity index (χ2v) is 5.90. The van der Waals surface area contributed by atoms with Crippen molar-refractivity contribution in [3.8, 4) is 11.4 Å². The van der Waals surface area contributed by atoms with Crippen molar-refractivity contribution in [3.05, 3.63) is 18.3 Å². The van der Waals surface area contributed by atoms with Crippen molar-refractivity contribution in [1.82, 2.24) is 25.2 Å². The first-order valence-electron chi connectivity index (χ1n) is 7.63. The third kappa shape index (κ3) is 4.67. The van der Waals surface area contributed by atoms with Gasteiger partial charge in [-0.25, -0.2) is 0 Å². The Bertz CT molecular complexity index is 546. The molecule has 2 rings (SSSR count). The molecule has 116 valence electrons. The normalized spacial score (nSPS) is 13.0. The average Bonchev–Trinajstić information content (AvgIpc) is 3.04. The van der Waals surface area contributed by atoms with E-state index in [0.29, 0.717) is 23.7 Å². The van der Waals surface area contributed by atoms with Gasteiger partial charge in [-0.05, 0) is 25.3 Å². The molecule has 0 bridgehead atoms. The van der Waals surface area contributed by atoms with Gasteiger partial charge in [-0.2, -0.15) is 10.1 Å². The van der Waals surface area contributed by atoms with Gasteiger partial charge >= 0.3 is 0 Å². The highest BCUT2D eigenvalue weighted by atomic mass is 16.5. The van der Waals surface area contributed by atoms with Gasteiger partial charge in [-0.1, -0.05) is 25.9 Å². The molecule has 2 heterocycles. The lowest BCUT2D eigenvalue weighted by Gasteiger charge is -2.18. The van der Waals surface area contributed by atoms with Crippen molar-refractivity contribution in [2.75, 3.05) is 6.54 Å². The Morgan fingerprint density at radius 1 is 1.38 bits per heavy atom. The summed E-state index contributed by atoms with van der Waals surface area (Å²) in [6.07, 6.45) is 6.63. The molecule has 1 N–H and O–H groups in total. The van der Waals surface area contributed by atoms with Crippen LogP contribution in [0, 0.1) is 5.92 Å². The van der Waals surface area contributed by atoms with Crippen LogP contribution in [0.25, 0.3) is 11.4 Å². The highest BCUT2D eigenvalue weighted by molar-refractivity contribution is 5.50. The molecule has 0 aliphatic rings.